The van der Waals surface area contributed by atoms with Crippen LogP contribution in [0.2, 0.25) is 0 Å². The second-order valence-corrected chi connectivity index (χ2v) is 7.44. The van der Waals surface area contributed by atoms with Crippen molar-refractivity contribution < 1.29 is 8.42 Å². The Morgan fingerprint density at radius 2 is 2.05 bits per heavy atom. The molecule has 1 aliphatic carbocycles. The molecule has 1 saturated carbocycles. The molecule has 0 amide bonds. The van der Waals surface area contributed by atoms with Gasteiger partial charge in [-0.1, -0.05) is 6.92 Å². The van der Waals surface area contributed by atoms with Crippen molar-refractivity contribution in [1.29, 1.82) is 0 Å². The molecule has 1 aliphatic rings. The summed E-state index contributed by atoms with van der Waals surface area (Å²) in [6, 6.07) is 3.88. The van der Waals surface area contributed by atoms with Crippen LogP contribution in [0, 0.1) is 5.92 Å². The number of nitrogens with zero attached hydrogens (tertiary/aromatic N) is 2. The third-order valence-corrected chi connectivity index (χ3v) is 5.82. The zero-order valence-corrected chi connectivity index (χ0v) is 12.6. The largest absolute Gasteiger partial charge is 0.265 e. The van der Waals surface area contributed by atoms with E-state index >= 15 is 0 Å². The summed E-state index contributed by atoms with van der Waals surface area (Å²) >= 11 is 5.73. The lowest BCUT2D eigenvalue weighted by Gasteiger charge is -2.23. The molecule has 1 aromatic heterocycles. The fraction of sp³-hybridized carbons (Fsp3) is 0.615. The smallest absolute Gasteiger partial charge is 0.214 e. The highest BCUT2D eigenvalue weighted by molar-refractivity contribution is 7.89. The first-order valence-corrected chi connectivity index (χ1v) is 8.61. The minimum atomic E-state index is -3.24. The Morgan fingerprint density at radius 1 is 1.42 bits per heavy atom. The van der Waals surface area contributed by atoms with Gasteiger partial charge < -0.3 is 0 Å². The van der Waals surface area contributed by atoms with Gasteiger partial charge in [0, 0.05) is 30.9 Å². The van der Waals surface area contributed by atoms with Gasteiger partial charge in [-0.3, -0.25) is 4.98 Å². The summed E-state index contributed by atoms with van der Waals surface area (Å²) in [5, 5.41) is 0. The van der Waals surface area contributed by atoms with E-state index in [0.717, 1.165) is 18.4 Å². The van der Waals surface area contributed by atoms with E-state index in [2.05, 4.69) is 4.98 Å². The van der Waals surface area contributed by atoms with Crippen LogP contribution < -0.4 is 0 Å². The predicted molar refractivity (Wildman–Crippen MR) is 76.5 cm³/mol. The Kier molecular flexibility index (Phi) is 4.81. The van der Waals surface area contributed by atoms with Gasteiger partial charge in [0.1, 0.15) is 0 Å². The number of halogens is 1. The molecular formula is C13H19ClN2O2S. The van der Waals surface area contributed by atoms with E-state index in [1.165, 1.54) is 0 Å². The van der Waals surface area contributed by atoms with Gasteiger partial charge >= 0.3 is 0 Å². The van der Waals surface area contributed by atoms with Crippen molar-refractivity contribution in [2.24, 2.45) is 5.92 Å². The Balaban J connectivity index is 2.12. The molecule has 1 atom stereocenters. The molecule has 6 heteroatoms. The third-order valence-electron chi connectivity index (χ3n) is 3.16. The van der Waals surface area contributed by atoms with E-state index in [1.54, 1.807) is 16.7 Å². The number of hydrogen-bond donors (Lipinski definition) is 0. The van der Waals surface area contributed by atoms with Crippen molar-refractivity contribution in [3.63, 3.8) is 0 Å². The second kappa shape index (κ2) is 6.20. The highest BCUT2D eigenvalue weighted by Gasteiger charge is 2.37. The van der Waals surface area contributed by atoms with Crippen molar-refractivity contribution >= 4 is 21.6 Å². The summed E-state index contributed by atoms with van der Waals surface area (Å²) in [5.74, 6) is 0.468. The zero-order valence-electron chi connectivity index (χ0n) is 11.0. The zero-order chi connectivity index (χ0) is 13.9. The fourth-order valence-corrected chi connectivity index (χ4v) is 4.26. The Hall–Kier alpha value is -0.650. The van der Waals surface area contributed by atoms with Gasteiger partial charge in [0.2, 0.25) is 10.0 Å². The van der Waals surface area contributed by atoms with Crippen molar-refractivity contribution in [2.75, 3.05) is 11.6 Å². The monoisotopic (exact) mass is 302 g/mol. The lowest BCUT2D eigenvalue weighted by atomic mass is 10.3. The van der Waals surface area contributed by atoms with Crippen molar-refractivity contribution in [3.8, 4) is 0 Å². The molecular weight excluding hydrogens is 284 g/mol. The van der Waals surface area contributed by atoms with E-state index in [1.807, 2.05) is 19.1 Å². The van der Waals surface area contributed by atoms with Crippen LogP contribution in [0.4, 0.5) is 0 Å². The van der Waals surface area contributed by atoms with Crippen LogP contribution in [-0.4, -0.2) is 35.4 Å². The fourth-order valence-electron chi connectivity index (χ4n) is 1.99. The first-order chi connectivity index (χ1) is 9.03. The van der Waals surface area contributed by atoms with Gasteiger partial charge in [-0.15, -0.1) is 11.6 Å². The molecule has 19 heavy (non-hydrogen) atoms. The molecule has 0 radical (unpaired) electrons. The topological polar surface area (TPSA) is 50.3 Å². The summed E-state index contributed by atoms with van der Waals surface area (Å²) in [5.41, 5.74) is 0.976. The number of pyridine rings is 1. The van der Waals surface area contributed by atoms with Crippen molar-refractivity contribution in [3.05, 3.63) is 30.1 Å². The van der Waals surface area contributed by atoms with E-state index in [0.29, 0.717) is 12.4 Å². The van der Waals surface area contributed by atoms with Gasteiger partial charge in [-0.2, -0.15) is 4.31 Å². The number of rotatable bonds is 7. The highest BCUT2D eigenvalue weighted by Crippen LogP contribution is 2.31. The minimum absolute atomic E-state index is 0.0228. The van der Waals surface area contributed by atoms with Crippen molar-refractivity contribution in [2.45, 2.75) is 32.4 Å². The molecule has 0 aliphatic heterocycles. The maximum atomic E-state index is 12.4. The first kappa shape index (κ1) is 14.8. The molecule has 0 spiro atoms. The van der Waals surface area contributed by atoms with E-state index < -0.39 is 10.0 Å². The average molecular weight is 303 g/mol. The van der Waals surface area contributed by atoms with Crippen LogP contribution >= 0.6 is 11.6 Å². The molecule has 1 heterocycles. The first-order valence-electron chi connectivity index (χ1n) is 6.47. The van der Waals surface area contributed by atoms with E-state index in [4.69, 9.17) is 11.6 Å². The third kappa shape index (κ3) is 4.16. The Labute approximate surface area is 119 Å². The predicted octanol–water partition coefficient (Wildman–Crippen LogP) is 2.25. The van der Waals surface area contributed by atoms with Crippen LogP contribution in [0.5, 0.6) is 0 Å². The van der Waals surface area contributed by atoms with Gasteiger partial charge in [0.05, 0.1) is 5.75 Å². The van der Waals surface area contributed by atoms with Crippen LogP contribution in [-0.2, 0) is 16.6 Å². The molecule has 1 unspecified atom stereocenters. The van der Waals surface area contributed by atoms with E-state index in [9.17, 15) is 8.42 Å². The molecule has 0 saturated heterocycles. The van der Waals surface area contributed by atoms with E-state index in [-0.39, 0.29) is 17.7 Å². The average Bonchev–Trinajstić information content (AvgIpc) is 3.20. The SMILES string of the molecule is CC(CCl)CS(=O)(=O)N(Cc1ccncc1)C1CC1. The maximum Gasteiger partial charge on any atom is 0.214 e. The van der Waals surface area contributed by atoms with Crippen LogP contribution in [0.25, 0.3) is 0 Å². The summed E-state index contributed by atoms with van der Waals surface area (Å²) in [7, 11) is -3.24. The van der Waals surface area contributed by atoms with Gasteiger partial charge in [-0.05, 0) is 36.5 Å². The quantitative estimate of drug-likeness (QED) is 0.726. The van der Waals surface area contributed by atoms with Crippen LogP contribution in [0.15, 0.2) is 24.5 Å². The van der Waals surface area contributed by atoms with Gasteiger partial charge in [-0.25, -0.2) is 8.42 Å². The molecule has 1 fully saturated rings. The lowest BCUT2D eigenvalue weighted by molar-refractivity contribution is 0.395. The van der Waals surface area contributed by atoms with Crippen molar-refractivity contribution in [1.82, 2.24) is 9.29 Å². The second-order valence-electron chi connectivity index (χ2n) is 5.17. The molecule has 106 valence electrons. The Morgan fingerprint density at radius 3 is 2.58 bits per heavy atom. The van der Waals surface area contributed by atoms with Crippen LogP contribution in [0.1, 0.15) is 25.3 Å². The highest BCUT2D eigenvalue weighted by atomic mass is 35.5. The summed E-state index contributed by atoms with van der Waals surface area (Å²) in [6.45, 7) is 2.30. The normalized spacial score (nSPS) is 17.6. The number of sulfonamides is 1. The van der Waals surface area contributed by atoms with Crippen LogP contribution in [0.3, 0.4) is 0 Å². The maximum absolute atomic E-state index is 12.4. The summed E-state index contributed by atoms with van der Waals surface area (Å²) in [6.07, 6.45) is 5.29. The van der Waals surface area contributed by atoms with Gasteiger partial charge in [0.25, 0.3) is 0 Å². The molecule has 0 aromatic carbocycles. The number of hydrogen-bond acceptors (Lipinski definition) is 3. The number of aromatic nitrogens is 1. The Bertz CT molecular complexity index is 503. The lowest BCUT2D eigenvalue weighted by Crippen LogP contribution is -2.36. The molecule has 4 nitrogen and oxygen atoms in total. The summed E-state index contributed by atoms with van der Waals surface area (Å²) in [4.78, 5) is 3.95. The minimum Gasteiger partial charge on any atom is -0.265 e. The number of alkyl halides is 1. The summed E-state index contributed by atoms with van der Waals surface area (Å²) < 4.78 is 26.5. The van der Waals surface area contributed by atoms with Gasteiger partial charge in [0.15, 0.2) is 0 Å². The molecule has 2 rings (SSSR count). The molecule has 1 aromatic rings. The molecule has 0 bridgehead atoms. The standard InChI is InChI=1S/C13H19ClN2O2S/c1-11(8-14)10-19(17,18)16(13-2-3-13)9-12-4-6-15-7-5-12/h4-7,11,13H,2-3,8-10H2,1H3. The molecule has 0 N–H and O–H groups in total.